The number of hydrogen-bond donors (Lipinski definition) is 0. The van der Waals surface area contributed by atoms with E-state index in [9.17, 15) is 9.59 Å². The molecule has 0 spiro atoms. The van der Waals surface area contributed by atoms with Gasteiger partial charge in [0.15, 0.2) is 5.76 Å². The highest BCUT2D eigenvalue weighted by Gasteiger charge is 2.27. The van der Waals surface area contributed by atoms with Gasteiger partial charge in [-0.1, -0.05) is 29.8 Å². The summed E-state index contributed by atoms with van der Waals surface area (Å²) in [4.78, 5) is 34.0. The maximum atomic E-state index is 13.1. The number of piperazine rings is 1. The van der Waals surface area contributed by atoms with Gasteiger partial charge < -0.3 is 14.2 Å². The number of furan rings is 1. The smallest absolute Gasteiger partial charge is 0.289 e. The normalized spacial score (nSPS) is 14.7. The van der Waals surface area contributed by atoms with Crippen LogP contribution in [0.1, 0.15) is 20.2 Å². The van der Waals surface area contributed by atoms with Gasteiger partial charge in [0.25, 0.3) is 11.8 Å². The Bertz CT molecular complexity index is 1230. The van der Waals surface area contributed by atoms with Gasteiger partial charge >= 0.3 is 0 Å². The van der Waals surface area contributed by atoms with Crippen LogP contribution in [0, 0.1) is 0 Å². The van der Waals surface area contributed by atoms with E-state index in [1.807, 2.05) is 30.3 Å². The largest absolute Gasteiger partial charge is 0.459 e. The number of carbonyl (C=O) groups excluding carboxylic acids is 2. The summed E-state index contributed by atoms with van der Waals surface area (Å²) in [7, 11) is 0. The Kier molecular flexibility index (Phi) is 4.49. The van der Waals surface area contributed by atoms with Crippen LogP contribution in [0.2, 0.25) is 5.15 Å². The van der Waals surface area contributed by atoms with Crippen molar-refractivity contribution in [2.24, 2.45) is 0 Å². The minimum atomic E-state index is -0.145. The molecule has 3 aromatic heterocycles. The quantitative estimate of drug-likeness (QED) is 0.449. The molecule has 1 aliphatic heterocycles. The molecule has 4 aromatic rings. The maximum absolute atomic E-state index is 13.1. The van der Waals surface area contributed by atoms with E-state index in [1.165, 1.54) is 17.6 Å². The molecule has 2 amide bonds. The summed E-state index contributed by atoms with van der Waals surface area (Å²) in [6, 6.07) is 12.9. The number of aromatic nitrogens is 1. The van der Waals surface area contributed by atoms with Crippen molar-refractivity contribution >= 4 is 55.7 Å². The van der Waals surface area contributed by atoms with Crippen LogP contribution in [0.4, 0.5) is 0 Å². The number of carbonyl (C=O) groups is 2. The van der Waals surface area contributed by atoms with Crippen molar-refractivity contribution in [3.8, 4) is 0 Å². The lowest BCUT2D eigenvalue weighted by atomic mass is 10.2. The number of benzene rings is 1. The summed E-state index contributed by atoms with van der Waals surface area (Å²) in [6.45, 7) is 1.90. The predicted molar refractivity (Wildman–Crippen MR) is 113 cm³/mol. The van der Waals surface area contributed by atoms with E-state index >= 15 is 0 Å². The third kappa shape index (κ3) is 3.16. The van der Waals surface area contributed by atoms with Crippen molar-refractivity contribution in [3.05, 3.63) is 64.5 Å². The molecule has 0 unspecified atom stereocenters. The van der Waals surface area contributed by atoms with Crippen LogP contribution in [0.3, 0.4) is 0 Å². The van der Waals surface area contributed by atoms with Crippen molar-refractivity contribution < 1.29 is 14.0 Å². The molecule has 0 saturated carbocycles. The fourth-order valence-corrected chi connectivity index (χ4v) is 5.06. The molecule has 0 N–H and O–H groups in total. The molecule has 29 heavy (non-hydrogen) atoms. The molecule has 0 atom stereocenters. The summed E-state index contributed by atoms with van der Waals surface area (Å²) in [6.07, 6.45) is 1.48. The van der Waals surface area contributed by atoms with E-state index in [0.717, 1.165) is 21.0 Å². The summed E-state index contributed by atoms with van der Waals surface area (Å²) in [5.74, 6) is 0.132. The number of thiophene rings is 1. The average molecular weight is 426 g/mol. The molecule has 6 nitrogen and oxygen atoms in total. The van der Waals surface area contributed by atoms with Crippen LogP contribution >= 0.6 is 22.9 Å². The monoisotopic (exact) mass is 425 g/mol. The Balaban J connectivity index is 1.37. The topological polar surface area (TPSA) is 66.7 Å². The fraction of sp³-hybridized carbons (Fsp3) is 0.190. The number of nitrogens with zero attached hydrogens (tertiary/aromatic N) is 3. The van der Waals surface area contributed by atoms with Crippen LogP contribution < -0.4 is 0 Å². The van der Waals surface area contributed by atoms with Crippen LogP contribution in [-0.4, -0.2) is 52.8 Å². The average Bonchev–Trinajstić information content (AvgIpc) is 3.44. The second kappa shape index (κ2) is 7.17. The minimum absolute atomic E-state index is 0.0450. The molecule has 0 bridgehead atoms. The van der Waals surface area contributed by atoms with Crippen molar-refractivity contribution in [1.29, 1.82) is 0 Å². The van der Waals surface area contributed by atoms with E-state index in [-0.39, 0.29) is 11.8 Å². The maximum Gasteiger partial charge on any atom is 0.289 e. The second-order valence-corrected chi connectivity index (χ2v) is 8.25. The van der Waals surface area contributed by atoms with Gasteiger partial charge in [0, 0.05) is 41.7 Å². The summed E-state index contributed by atoms with van der Waals surface area (Å²) in [5, 5.41) is 2.19. The van der Waals surface area contributed by atoms with Gasteiger partial charge in [-0.25, -0.2) is 4.98 Å². The van der Waals surface area contributed by atoms with Crippen LogP contribution in [-0.2, 0) is 0 Å². The molecule has 1 aromatic carbocycles. The van der Waals surface area contributed by atoms with Gasteiger partial charge in [0.05, 0.1) is 16.7 Å². The molecule has 4 heterocycles. The number of fused-ring (bicyclic) bond motifs is 3. The van der Waals surface area contributed by atoms with Gasteiger partial charge in [0.1, 0.15) is 5.15 Å². The number of hydrogen-bond acceptors (Lipinski definition) is 5. The van der Waals surface area contributed by atoms with E-state index in [1.54, 1.807) is 21.9 Å². The molecular weight excluding hydrogens is 410 g/mol. The van der Waals surface area contributed by atoms with Crippen molar-refractivity contribution in [3.63, 3.8) is 0 Å². The Hall–Kier alpha value is -2.90. The highest BCUT2D eigenvalue weighted by molar-refractivity contribution is 7.21. The van der Waals surface area contributed by atoms with Crippen LogP contribution in [0.15, 0.2) is 53.1 Å². The Morgan fingerprint density at radius 2 is 1.69 bits per heavy atom. The van der Waals surface area contributed by atoms with Gasteiger partial charge in [0.2, 0.25) is 0 Å². The van der Waals surface area contributed by atoms with Crippen molar-refractivity contribution in [1.82, 2.24) is 14.8 Å². The molecular formula is C21H16ClN3O3S. The zero-order valence-corrected chi connectivity index (χ0v) is 16.9. The SMILES string of the molecule is O=C(c1ccco1)N1CCN(C(=O)c2cc3c(Cl)nc4ccccc4c3s2)CC1. The second-order valence-electron chi connectivity index (χ2n) is 6.83. The van der Waals surface area contributed by atoms with Gasteiger partial charge in [-0.05, 0) is 24.3 Å². The van der Waals surface area contributed by atoms with E-state index < -0.39 is 0 Å². The molecule has 1 saturated heterocycles. The molecule has 5 rings (SSSR count). The minimum Gasteiger partial charge on any atom is -0.459 e. The standard InChI is InChI=1S/C21H16ClN3O3S/c22-19-14-12-17(29-18(14)13-4-1-2-5-15(13)23-19)21(27)25-9-7-24(8-10-25)20(26)16-6-3-11-28-16/h1-6,11-12H,7-10H2. The van der Waals surface area contributed by atoms with Gasteiger partial charge in [-0.2, -0.15) is 0 Å². The first-order valence-electron chi connectivity index (χ1n) is 9.21. The molecule has 0 radical (unpaired) electrons. The number of amides is 2. The molecule has 1 aliphatic rings. The first-order chi connectivity index (χ1) is 14.1. The third-order valence-electron chi connectivity index (χ3n) is 5.12. The third-order valence-corrected chi connectivity index (χ3v) is 6.56. The lowest BCUT2D eigenvalue weighted by molar-refractivity contribution is 0.0520. The lowest BCUT2D eigenvalue weighted by Gasteiger charge is -2.34. The van der Waals surface area contributed by atoms with E-state index in [0.29, 0.717) is 42.0 Å². The number of rotatable bonds is 2. The summed E-state index contributed by atoms with van der Waals surface area (Å²) < 4.78 is 6.15. The van der Waals surface area contributed by atoms with Crippen molar-refractivity contribution in [2.45, 2.75) is 0 Å². The van der Waals surface area contributed by atoms with E-state index in [2.05, 4.69) is 4.98 Å². The number of para-hydroxylation sites is 1. The molecule has 0 aliphatic carbocycles. The van der Waals surface area contributed by atoms with Gasteiger partial charge in [-0.3, -0.25) is 9.59 Å². The van der Waals surface area contributed by atoms with E-state index in [4.69, 9.17) is 16.0 Å². The first-order valence-corrected chi connectivity index (χ1v) is 10.4. The van der Waals surface area contributed by atoms with Gasteiger partial charge in [-0.15, -0.1) is 11.3 Å². The summed E-state index contributed by atoms with van der Waals surface area (Å²) >= 11 is 7.80. The first kappa shape index (κ1) is 18.1. The molecule has 146 valence electrons. The zero-order valence-electron chi connectivity index (χ0n) is 15.3. The molecule has 1 fully saturated rings. The fourth-order valence-electron chi connectivity index (χ4n) is 3.60. The summed E-state index contributed by atoms with van der Waals surface area (Å²) in [5.41, 5.74) is 0.816. The van der Waals surface area contributed by atoms with Crippen molar-refractivity contribution in [2.75, 3.05) is 26.2 Å². The van der Waals surface area contributed by atoms with Crippen LogP contribution in [0.25, 0.3) is 21.0 Å². The highest BCUT2D eigenvalue weighted by atomic mass is 35.5. The number of pyridine rings is 1. The van der Waals surface area contributed by atoms with Crippen LogP contribution in [0.5, 0.6) is 0 Å². The Morgan fingerprint density at radius 1 is 0.966 bits per heavy atom. The Labute approximate surface area is 175 Å². The number of halogens is 1. The molecule has 8 heteroatoms. The lowest BCUT2D eigenvalue weighted by Crippen LogP contribution is -2.50. The predicted octanol–water partition coefficient (Wildman–Crippen LogP) is 4.29. The highest BCUT2D eigenvalue weighted by Crippen LogP contribution is 2.36. The zero-order chi connectivity index (χ0) is 20.0. The Morgan fingerprint density at radius 3 is 2.41 bits per heavy atom.